The number of anilines is 2. The van der Waals surface area contributed by atoms with E-state index in [2.05, 4.69) is 41.5 Å². The van der Waals surface area contributed by atoms with E-state index in [-0.39, 0.29) is 0 Å². The van der Waals surface area contributed by atoms with E-state index in [0.717, 1.165) is 44.8 Å². The van der Waals surface area contributed by atoms with E-state index < -0.39 is 5.97 Å². The number of rotatable bonds is 5. The minimum absolute atomic E-state index is 0.404. The lowest BCUT2D eigenvalue weighted by Crippen LogP contribution is -2.09. The van der Waals surface area contributed by atoms with Crippen molar-refractivity contribution in [1.29, 1.82) is 0 Å². The second-order valence-electron chi connectivity index (χ2n) is 8.08. The van der Waals surface area contributed by atoms with E-state index in [9.17, 15) is 4.79 Å². The van der Waals surface area contributed by atoms with Crippen molar-refractivity contribution in [2.45, 2.75) is 13.8 Å². The molecule has 1 N–H and O–H groups in total. The molecule has 0 saturated carbocycles. The molecule has 168 valence electrons. The fourth-order valence-corrected chi connectivity index (χ4v) is 4.19. The van der Waals surface area contributed by atoms with Crippen LogP contribution in [0, 0.1) is 13.8 Å². The summed E-state index contributed by atoms with van der Waals surface area (Å²) in [5.74, 6) is 0.358. The predicted molar refractivity (Wildman–Crippen MR) is 135 cm³/mol. The van der Waals surface area contributed by atoms with Gasteiger partial charge in [0.1, 0.15) is 5.82 Å². The number of esters is 1. The molecule has 5 aromatic rings. The summed E-state index contributed by atoms with van der Waals surface area (Å²) in [4.78, 5) is 17.0. The quantitative estimate of drug-likeness (QED) is 0.323. The molecule has 0 fully saturated rings. The molecular weight excluding hydrogens is 424 g/mol. The number of aryl methyl sites for hydroxylation is 2. The van der Waals surface area contributed by atoms with Crippen LogP contribution in [0.15, 0.2) is 85.1 Å². The maximum atomic E-state index is 12.4. The van der Waals surface area contributed by atoms with Crippen molar-refractivity contribution in [3.8, 4) is 16.8 Å². The summed E-state index contributed by atoms with van der Waals surface area (Å²) in [6.45, 7) is 4.04. The number of methoxy groups -OCH3 is 1. The Bertz CT molecular complexity index is 1520. The molecule has 0 amide bonds. The highest BCUT2D eigenvalue weighted by molar-refractivity contribution is 5.97. The number of hydrogen-bond donors (Lipinski definition) is 1. The number of nitrogens with zero attached hydrogens (tertiary/aromatic N) is 3. The van der Waals surface area contributed by atoms with Crippen LogP contribution in [-0.2, 0) is 4.74 Å². The molecular formula is C28H24N4O2. The number of carbonyl (C=O) groups is 1. The van der Waals surface area contributed by atoms with E-state index in [0.29, 0.717) is 11.3 Å². The smallest absolute Gasteiger partial charge is 0.339 e. The highest BCUT2D eigenvalue weighted by atomic mass is 16.5. The van der Waals surface area contributed by atoms with Gasteiger partial charge in [-0.15, -0.1) is 0 Å². The Labute approximate surface area is 197 Å². The van der Waals surface area contributed by atoms with Gasteiger partial charge in [-0.3, -0.25) is 4.98 Å². The number of fused-ring (bicyclic) bond motifs is 1. The Balaban J connectivity index is 1.74. The molecule has 0 atom stereocenters. The Morgan fingerprint density at radius 2 is 1.74 bits per heavy atom. The highest BCUT2D eigenvalue weighted by Crippen LogP contribution is 2.37. The molecule has 3 aromatic carbocycles. The zero-order valence-electron chi connectivity index (χ0n) is 19.2. The van der Waals surface area contributed by atoms with Gasteiger partial charge in [-0.25, -0.2) is 9.48 Å². The number of benzene rings is 3. The molecule has 2 aromatic heterocycles. The Morgan fingerprint density at radius 1 is 0.941 bits per heavy atom. The minimum Gasteiger partial charge on any atom is -0.465 e. The third kappa shape index (κ3) is 3.79. The van der Waals surface area contributed by atoms with Crippen LogP contribution in [0.4, 0.5) is 11.5 Å². The summed E-state index contributed by atoms with van der Waals surface area (Å²) < 4.78 is 6.91. The number of ether oxygens (including phenoxy) is 1. The van der Waals surface area contributed by atoms with E-state index >= 15 is 0 Å². The summed E-state index contributed by atoms with van der Waals surface area (Å²) >= 11 is 0. The molecule has 0 aliphatic carbocycles. The number of pyridine rings is 1. The summed E-state index contributed by atoms with van der Waals surface area (Å²) in [5, 5.41) is 9.47. The molecule has 2 heterocycles. The molecule has 0 aliphatic rings. The number of carbonyl (C=O) groups excluding carboxylic acids is 1. The molecule has 0 bridgehead atoms. The SMILES string of the molecule is COC(=O)c1ccccc1Nc1c(-c2ccc3cccnc3c2)c(C)nn1-c1ccccc1C. The third-order valence-corrected chi connectivity index (χ3v) is 5.88. The van der Waals surface area contributed by atoms with Gasteiger partial charge in [0.2, 0.25) is 0 Å². The second kappa shape index (κ2) is 8.83. The van der Waals surface area contributed by atoms with Crippen LogP contribution in [-0.4, -0.2) is 27.8 Å². The molecule has 5 rings (SSSR count). The first kappa shape index (κ1) is 21.4. The first-order valence-corrected chi connectivity index (χ1v) is 11.0. The van der Waals surface area contributed by atoms with Crippen molar-refractivity contribution in [2.75, 3.05) is 12.4 Å². The number of nitrogens with one attached hydrogen (secondary N) is 1. The zero-order valence-corrected chi connectivity index (χ0v) is 19.2. The van der Waals surface area contributed by atoms with Gasteiger partial charge in [0.05, 0.1) is 35.3 Å². The first-order valence-electron chi connectivity index (χ1n) is 11.0. The van der Waals surface area contributed by atoms with Gasteiger partial charge in [0.15, 0.2) is 0 Å². The van der Waals surface area contributed by atoms with E-state index in [4.69, 9.17) is 9.84 Å². The van der Waals surface area contributed by atoms with Crippen LogP contribution in [0.25, 0.3) is 27.7 Å². The first-order chi connectivity index (χ1) is 16.6. The van der Waals surface area contributed by atoms with Crippen molar-refractivity contribution >= 4 is 28.4 Å². The van der Waals surface area contributed by atoms with Gasteiger partial charge >= 0.3 is 5.97 Å². The molecule has 6 heteroatoms. The standard InChI is InChI=1S/C28H24N4O2/c1-18-9-4-7-13-25(18)32-27(30-23-12-6-5-11-22(23)28(33)34-3)26(19(2)31-32)21-15-14-20-10-8-16-29-24(20)17-21/h4-17,30H,1-3H3. The summed E-state index contributed by atoms with van der Waals surface area (Å²) in [6, 6.07) is 25.6. The number of aromatic nitrogens is 3. The van der Waals surface area contributed by atoms with Crippen molar-refractivity contribution in [1.82, 2.24) is 14.8 Å². The van der Waals surface area contributed by atoms with Gasteiger partial charge < -0.3 is 10.1 Å². The molecule has 0 unspecified atom stereocenters. The monoisotopic (exact) mass is 448 g/mol. The predicted octanol–water partition coefficient (Wildman–Crippen LogP) is 6.23. The van der Waals surface area contributed by atoms with Crippen LogP contribution < -0.4 is 5.32 Å². The van der Waals surface area contributed by atoms with Gasteiger partial charge in [-0.05, 0) is 55.3 Å². The van der Waals surface area contributed by atoms with Crippen LogP contribution >= 0.6 is 0 Å². The van der Waals surface area contributed by atoms with Crippen LogP contribution in [0.1, 0.15) is 21.6 Å². The average molecular weight is 449 g/mol. The lowest BCUT2D eigenvalue weighted by atomic mass is 10.0. The average Bonchev–Trinajstić information content (AvgIpc) is 3.19. The maximum Gasteiger partial charge on any atom is 0.339 e. The lowest BCUT2D eigenvalue weighted by Gasteiger charge is -2.16. The minimum atomic E-state index is -0.404. The van der Waals surface area contributed by atoms with Gasteiger partial charge in [-0.1, -0.05) is 48.5 Å². The maximum absolute atomic E-state index is 12.4. The molecule has 0 aliphatic heterocycles. The van der Waals surface area contributed by atoms with Crippen molar-refractivity contribution in [3.63, 3.8) is 0 Å². The lowest BCUT2D eigenvalue weighted by molar-refractivity contribution is 0.0602. The molecule has 6 nitrogen and oxygen atoms in total. The normalized spacial score (nSPS) is 10.9. The van der Waals surface area contributed by atoms with Crippen molar-refractivity contribution < 1.29 is 9.53 Å². The van der Waals surface area contributed by atoms with Crippen molar-refractivity contribution in [2.24, 2.45) is 0 Å². The van der Waals surface area contributed by atoms with Crippen molar-refractivity contribution in [3.05, 3.63) is 102 Å². The van der Waals surface area contributed by atoms with Crippen LogP contribution in [0.2, 0.25) is 0 Å². The van der Waals surface area contributed by atoms with Gasteiger partial charge in [-0.2, -0.15) is 5.10 Å². The summed E-state index contributed by atoms with van der Waals surface area (Å²) in [5.41, 5.74) is 6.82. The summed E-state index contributed by atoms with van der Waals surface area (Å²) in [6.07, 6.45) is 1.79. The number of para-hydroxylation sites is 2. The van der Waals surface area contributed by atoms with Gasteiger partial charge in [0, 0.05) is 17.1 Å². The second-order valence-corrected chi connectivity index (χ2v) is 8.08. The molecule has 0 spiro atoms. The fourth-order valence-electron chi connectivity index (χ4n) is 4.19. The highest BCUT2D eigenvalue weighted by Gasteiger charge is 2.21. The van der Waals surface area contributed by atoms with E-state index in [1.165, 1.54) is 7.11 Å². The topological polar surface area (TPSA) is 69.0 Å². The fraction of sp³-hybridized carbons (Fsp3) is 0.107. The Kier molecular flexibility index (Phi) is 5.55. The van der Waals surface area contributed by atoms with Crippen LogP contribution in [0.5, 0.6) is 0 Å². The zero-order chi connectivity index (χ0) is 23.7. The van der Waals surface area contributed by atoms with E-state index in [1.807, 2.05) is 60.1 Å². The largest absolute Gasteiger partial charge is 0.465 e. The van der Waals surface area contributed by atoms with E-state index in [1.54, 1.807) is 12.3 Å². The summed E-state index contributed by atoms with van der Waals surface area (Å²) in [7, 11) is 1.38. The Morgan fingerprint density at radius 3 is 2.56 bits per heavy atom. The number of hydrogen-bond acceptors (Lipinski definition) is 5. The Hall–Kier alpha value is -4.45. The third-order valence-electron chi connectivity index (χ3n) is 5.88. The van der Waals surface area contributed by atoms with Crippen LogP contribution in [0.3, 0.4) is 0 Å². The molecule has 0 radical (unpaired) electrons. The molecule has 34 heavy (non-hydrogen) atoms. The molecule has 0 saturated heterocycles. The van der Waals surface area contributed by atoms with Gasteiger partial charge in [0.25, 0.3) is 0 Å².